The molecule has 2 heterocycles. The highest BCUT2D eigenvalue weighted by molar-refractivity contribution is 7.99. The summed E-state index contributed by atoms with van der Waals surface area (Å²) in [6.45, 7) is 5.86. The first kappa shape index (κ1) is 24.9. The van der Waals surface area contributed by atoms with Crippen molar-refractivity contribution in [2.45, 2.75) is 38.4 Å². The molecule has 184 valence electrons. The van der Waals surface area contributed by atoms with Gasteiger partial charge in [-0.25, -0.2) is 4.39 Å². The number of aromatic nitrogens is 3. The molecular weight excluding hydrogens is 465 g/mol. The third kappa shape index (κ3) is 6.28. The highest BCUT2D eigenvalue weighted by Gasteiger charge is 2.28. The van der Waals surface area contributed by atoms with Crippen LogP contribution in [-0.2, 0) is 16.1 Å². The second-order valence-electron chi connectivity index (χ2n) is 9.09. The van der Waals surface area contributed by atoms with Crippen molar-refractivity contribution in [3.05, 3.63) is 60.4 Å². The summed E-state index contributed by atoms with van der Waals surface area (Å²) in [5.41, 5.74) is 1.18. The first-order chi connectivity index (χ1) is 16.9. The number of benzene rings is 2. The van der Waals surface area contributed by atoms with Gasteiger partial charge in [0.2, 0.25) is 11.8 Å². The number of halogens is 1. The molecule has 1 aromatic heterocycles. The van der Waals surface area contributed by atoms with Gasteiger partial charge in [-0.3, -0.25) is 9.59 Å². The summed E-state index contributed by atoms with van der Waals surface area (Å²) < 4.78 is 16.3. The zero-order chi connectivity index (χ0) is 24.8. The van der Waals surface area contributed by atoms with Crippen molar-refractivity contribution in [1.82, 2.24) is 19.7 Å². The molecule has 2 aromatic carbocycles. The van der Waals surface area contributed by atoms with Crippen LogP contribution in [0.4, 0.5) is 10.1 Å². The van der Waals surface area contributed by atoms with Gasteiger partial charge in [-0.2, -0.15) is 0 Å². The standard InChI is InChI=1S/C26H30FN5O2S/c1-18(2)16-32-24(21-10-6-7-11-22(21)27)29-30-26(32)35-17-23(33)31-14-12-19(13-15-31)25(34)28-20-8-4-3-5-9-20/h3-11,18-19H,12-17H2,1-2H3,(H,28,34). The number of hydrogen-bond donors (Lipinski definition) is 1. The number of hydrogen-bond acceptors (Lipinski definition) is 5. The zero-order valence-electron chi connectivity index (χ0n) is 20.0. The van der Waals surface area contributed by atoms with Crippen LogP contribution in [0.3, 0.4) is 0 Å². The lowest BCUT2D eigenvalue weighted by molar-refractivity contribution is -0.132. The van der Waals surface area contributed by atoms with E-state index in [1.165, 1.54) is 17.8 Å². The fourth-order valence-corrected chi connectivity index (χ4v) is 4.99. The van der Waals surface area contributed by atoms with Crippen LogP contribution in [0, 0.1) is 17.7 Å². The number of carbonyl (C=O) groups excluding carboxylic acids is 2. The number of para-hydroxylation sites is 1. The van der Waals surface area contributed by atoms with E-state index in [0.29, 0.717) is 54.9 Å². The van der Waals surface area contributed by atoms with Gasteiger partial charge in [0.15, 0.2) is 11.0 Å². The van der Waals surface area contributed by atoms with Crippen LogP contribution in [0.25, 0.3) is 11.4 Å². The highest BCUT2D eigenvalue weighted by Crippen LogP contribution is 2.28. The summed E-state index contributed by atoms with van der Waals surface area (Å²) in [7, 11) is 0. The van der Waals surface area contributed by atoms with Gasteiger partial charge in [0.25, 0.3) is 0 Å². The maximum Gasteiger partial charge on any atom is 0.233 e. The lowest BCUT2D eigenvalue weighted by Gasteiger charge is -2.31. The van der Waals surface area contributed by atoms with E-state index in [0.717, 1.165) is 5.69 Å². The third-order valence-corrected chi connectivity index (χ3v) is 6.92. The smallest absolute Gasteiger partial charge is 0.233 e. The van der Waals surface area contributed by atoms with E-state index < -0.39 is 0 Å². The fourth-order valence-electron chi connectivity index (χ4n) is 4.14. The molecule has 0 aliphatic carbocycles. The molecule has 0 saturated carbocycles. The average Bonchev–Trinajstić information content (AvgIpc) is 3.25. The molecule has 0 radical (unpaired) electrons. The summed E-state index contributed by atoms with van der Waals surface area (Å²) in [5, 5.41) is 12.1. The first-order valence-corrected chi connectivity index (χ1v) is 12.9. The minimum atomic E-state index is -0.350. The zero-order valence-corrected chi connectivity index (χ0v) is 20.8. The predicted molar refractivity (Wildman–Crippen MR) is 135 cm³/mol. The monoisotopic (exact) mass is 495 g/mol. The molecule has 4 rings (SSSR count). The number of likely N-dealkylation sites (tertiary alicyclic amines) is 1. The van der Waals surface area contributed by atoms with Gasteiger partial charge in [0, 0.05) is 31.2 Å². The molecule has 1 aliphatic heterocycles. The molecule has 2 amide bonds. The topological polar surface area (TPSA) is 80.1 Å². The number of amides is 2. The summed E-state index contributed by atoms with van der Waals surface area (Å²) in [5.74, 6) is 0.531. The van der Waals surface area contributed by atoms with E-state index in [4.69, 9.17) is 0 Å². The van der Waals surface area contributed by atoms with Crippen LogP contribution in [0.2, 0.25) is 0 Å². The van der Waals surface area contributed by atoms with E-state index in [9.17, 15) is 14.0 Å². The molecule has 0 spiro atoms. The Hall–Kier alpha value is -3.20. The number of nitrogens with one attached hydrogen (secondary N) is 1. The Morgan fingerprint density at radius 1 is 1.06 bits per heavy atom. The molecule has 9 heteroatoms. The second kappa shape index (κ2) is 11.5. The van der Waals surface area contributed by atoms with Crippen LogP contribution in [0.1, 0.15) is 26.7 Å². The van der Waals surface area contributed by atoms with Crippen molar-refractivity contribution >= 4 is 29.3 Å². The Morgan fingerprint density at radius 2 is 1.74 bits per heavy atom. The van der Waals surface area contributed by atoms with E-state index in [1.807, 2.05) is 34.9 Å². The minimum Gasteiger partial charge on any atom is -0.342 e. The number of nitrogens with zero attached hydrogens (tertiary/aromatic N) is 4. The Morgan fingerprint density at radius 3 is 2.43 bits per heavy atom. The van der Waals surface area contributed by atoms with Crippen LogP contribution in [-0.4, -0.2) is 50.3 Å². The quantitative estimate of drug-likeness (QED) is 0.458. The van der Waals surface area contributed by atoms with Crippen molar-refractivity contribution in [2.24, 2.45) is 11.8 Å². The molecule has 0 unspecified atom stereocenters. The van der Waals surface area contributed by atoms with Crippen LogP contribution in [0.5, 0.6) is 0 Å². The van der Waals surface area contributed by atoms with Crippen molar-refractivity contribution < 1.29 is 14.0 Å². The predicted octanol–water partition coefficient (Wildman–Crippen LogP) is 4.71. The normalized spacial score (nSPS) is 14.3. The highest BCUT2D eigenvalue weighted by atomic mass is 32.2. The number of anilines is 1. The largest absolute Gasteiger partial charge is 0.342 e. The molecule has 1 N–H and O–H groups in total. The van der Waals surface area contributed by atoms with Gasteiger partial charge in [-0.15, -0.1) is 10.2 Å². The number of thioether (sulfide) groups is 1. The van der Waals surface area contributed by atoms with E-state index >= 15 is 0 Å². The van der Waals surface area contributed by atoms with Crippen molar-refractivity contribution in [3.8, 4) is 11.4 Å². The fraction of sp³-hybridized carbons (Fsp3) is 0.385. The first-order valence-electron chi connectivity index (χ1n) is 11.9. The summed E-state index contributed by atoms with van der Waals surface area (Å²) in [6.07, 6.45) is 1.27. The molecule has 3 aromatic rings. The third-order valence-electron chi connectivity index (χ3n) is 5.96. The molecule has 0 atom stereocenters. The van der Waals surface area contributed by atoms with Gasteiger partial charge < -0.3 is 14.8 Å². The molecule has 7 nitrogen and oxygen atoms in total. The maximum absolute atomic E-state index is 14.4. The summed E-state index contributed by atoms with van der Waals surface area (Å²) in [4.78, 5) is 27.3. The molecule has 1 saturated heterocycles. The molecule has 1 fully saturated rings. The Kier molecular flexibility index (Phi) is 8.17. The second-order valence-corrected chi connectivity index (χ2v) is 10.0. The Bertz CT molecular complexity index is 1160. The van der Waals surface area contributed by atoms with Crippen LogP contribution >= 0.6 is 11.8 Å². The van der Waals surface area contributed by atoms with Crippen LogP contribution < -0.4 is 5.32 Å². The SMILES string of the molecule is CC(C)Cn1c(SCC(=O)N2CCC(C(=O)Nc3ccccc3)CC2)nnc1-c1ccccc1F. The number of carbonyl (C=O) groups is 2. The molecule has 1 aliphatic rings. The number of rotatable bonds is 8. The van der Waals surface area contributed by atoms with Crippen LogP contribution in [0.15, 0.2) is 59.8 Å². The minimum absolute atomic E-state index is 0.000125. The lowest BCUT2D eigenvalue weighted by Crippen LogP contribution is -2.42. The van der Waals surface area contributed by atoms with Gasteiger partial charge in [-0.1, -0.05) is 55.9 Å². The number of piperidine rings is 1. The van der Waals surface area contributed by atoms with E-state index in [1.54, 1.807) is 23.1 Å². The summed E-state index contributed by atoms with van der Waals surface area (Å²) in [6, 6.07) is 15.9. The Balaban J connectivity index is 1.34. The average molecular weight is 496 g/mol. The molecular formula is C26H30FN5O2S. The van der Waals surface area contributed by atoms with Gasteiger partial charge >= 0.3 is 0 Å². The van der Waals surface area contributed by atoms with Crippen molar-refractivity contribution in [2.75, 3.05) is 24.2 Å². The van der Waals surface area contributed by atoms with Crippen molar-refractivity contribution in [1.29, 1.82) is 0 Å². The van der Waals surface area contributed by atoms with E-state index in [-0.39, 0.29) is 29.3 Å². The van der Waals surface area contributed by atoms with E-state index in [2.05, 4.69) is 29.4 Å². The summed E-state index contributed by atoms with van der Waals surface area (Å²) >= 11 is 1.32. The van der Waals surface area contributed by atoms with Gasteiger partial charge in [-0.05, 0) is 43.0 Å². The Labute approximate surface area is 209 Å². The maximum atomic E-state index is 14.4. The lowest BCUT2D eigenvalue weighted by atomic mass is 9.96. The van der Waals surface area contributed by atoms with Crippen molar-refractivity contribution in [3.63, 3.8) is 0 Å². The molecule has 35 heavy (non-hydrogen) atoms. The molecule has 0 bridgehead atoms. The van der Waals surface area contributed by atoms with Gasteiger partial charge in [0.05, 0.1) is 11.3 Å². The van der Waals surface area contributed by atoms with Gasteiger partial charge in [0.1, 0.15) is 5.82 Å².